The van der Waals surface area contributed by atoms with E-state index in [1.165, 1.54) is 0 Å². The van der Waals surface area contributed by atoms with Crippen LogP contribution in [-0.4, -0.2) is 11.7 Å². The zero-order chi connectivity index (χ0) is 8.39. The Morgan fingerprint density at radius 2 is 2.08 bits per heavy atom. The predicted molar refractivity (Wildman–Crippen MR) is 47.2 cm³/mol. The van der Waals surface area contributed by atoms with Gasteiger partial charge in [0.15, 0.2) is 0 Å². The fraction of sp³-hybridized carbons (Fsp3) is 0.200. The Morgan fingerprint density at radius 1 is 1.25 bits per heavy atom. The van der Waals surface area contributed by atoms with E-state index >= 15 is 0 Å². The maximum absolute atomic E-state index is 9.52. The number of ether oxygens (including phenoxy) is 1. The summed E-state index contributed by atoms with van der Waals surface area (Å²) in [6.07, 6.45) is 2.55. The first kappa shape index (κ1) is 7.22. The lowest BCUT2D eigenvalue weighted by molar-refractivity contribution is 0.326. The first-order valence-corrected chi connectivity index (χ1v) is 3.99. The van der Waals surface area contributed by atoms with Crippen molar-refractivity contribution >= 4 is 5.76 Å². The van der Waals surface area contributed by atoms with E-state index in [0.717, 1.165) is 17.7 Å². The van der Waals surface area contributed by atoms with Crippen molar-refractivity contribution in [3.8, 4) is 5.75 Å². The van der Waals surface area contributed by atoms with Crippen LogP contribution in [0.2, 0.25) is 0 Å². The molecule has 0 saturated carbocycles. The quantitative estimate of drug-likeness (QED) is 0.634. The predicted octanol–water partition coefficient (Wildman–Crippen LogP) is 2.37. The molecule has 1 aliphatic rings. The average molecular weight is 162 g/mol. The van der Waals surface area contributed by atoms with Gasteiger partial charge >= 0.3 is 0 Å². The van der Waals surface area contributed by atoms with Gasteiger partial charge in [0, 0.05) is 6.42 Å². The third-order valence-corrected chi connectivity index (χ3v) is 1.88. The summed E-state index contributed by atoms with van der Waals surface area (Å²) in [5.74, 6) is 1.09. The van der Waals surface area contributed by atoms with Gasteiger partial charge in [0.05, 0.1) is 12.2 Å². The van der Waals surface area contributed by atoms with Crippen molar-refractivity contribution in [3.63, 3.8) is 0 Å². The highest BCUT2D eigenvalue weighted by Crippen LogP contribution is 2.26. The highest BCUT2D eigenvalue weighted by Gasteiger charge is 2.09. The molecule has 2 nitrogen and oxygen atoms in total. The SMILES string of the molecule is OC1=CCCOc2ccccc21. The molecule has 0 radical (unpaired) electrons. The van der Waals surface area contributed by atoms with Gasteiger partial charge in [-0.2, -0.15) is 0 Å². The first-order chi connectivity index (χ1) is 5.88. The number of hydrogen-bond acceptors (Lipinski definition) is 2. The van der Waals surface area contributed by atoms with Crippen LogP contribution < -0.4 is 4.74 Å². The zero-order valence-electron chi connectivity index (χ0n) is 6.66. The standard InChI is InChI=1S/C10H10O2/c11-9-5-3-7-12-10-6-2-1-4-8(9)10/h1-2,4-6,11H,3,7H2. The molecule has 0 atom stereocenters. The minimum absolute atomic E-state index is 0.322. The molecule has 0 unspecified atom stereocenters. The van der Waals surface area contributed by atoms with Gasteiger partial charge in [0.25, 0.3) is 0 Å². The van der Waals surface area contributed by atoms with Crippen LogP contribution in [0.4, 0.5) is 0 Å². The summed E-state index contributed by atoms with van der Waals surface area (Å²) in [5, 5.41) is 9.52. The van der Waals surface area contributed by atoms with Gasteiger partial charge in [-0.25, -0.2) is 0 Å². The van der Waals surface area contributed by atoms with Crippen LogP contribution in [-0.2, 0) is 0 Å². The van der Waals surface area contributed by atoms with E-state index in [0.29, 0.717) is 12.4 Å². The summed E-state index contributed by atoms with van der Waals surface area (Å²) >= 11 is 0. The molecule has 0 aliphatic carbocycles. The average Bonchev–Trinajstić information content (AvgIpc) is 2.29. The van der Waals surface area contributed by atoms with E-state index in [2.05, 4.69) is 0 Å². The summed E-state index contributed by atoms with van der Waals surface area (Å²) in [6.45, 7) is 0.640. The van der Waals surface area contributed by atoms with Crippen LogP contribution in [0.15, 0.2) is 30.3 Å². The minimum atomic E-state index is 0.322. The zero-order valence-corrected chi connectivity index (χ0v) is 6.66. The maximum Gasteiger partial charge on any atom is 0.130 e. The van der Waals surface area contributed by atoms with Gasteiger partial charge in [-0.05, 0) is 18.2 Å². The second kappa shape index (κ2) is 2.89. The fourth-order valence-corrected chi connectivity index (χ4v) is 1.28. The molecule has 1 aromatic rings. The largest absolute Gasteiger partial charge is 0.508 e. The Morgan fingerprint density at radius 3 is 3.00 bits per heavy atom. The van der Waals surface area contributed by atoms with Crippen LogP contribution in [0.1, 0.15) is 12.0 Å². The van der Waals surface area contributed by atoms with Crippen molar-refractivity contribution in [3.05, 3.63) is 35.9 Å². The van der Waals surface area contributed by atoms with Crippen molar-refractivity contribution in [1.82, 2.24) is 0 Å². The summed E-state index contributed by atoms with van der Waals surface area (Å²) in [6, 6.07) is 7.51. The normalized spacial score (nSPS) is 15.5. The molecule has 2 heteroatoms. The number of aliphatic hydroxyl groups excluding tert-OH is 1. The number of hydrogen-bond donors (Lipinski definition) is 1. The van der Waals surface area contributed by atoms with E-state index in [-0.39, 0.29) is 0 Å². The lowest BCUT2D eigenvalue weighted by atomic mass is 10.1. The van der Waals surface area contributed by atoms with Crippen LogP contribution in [0.3, 0.4) is 0 Å². The van der Waals surface area contributed by atoms with E-state index < -0.39 is 0 Å². The third-order valence-electron chi connectivity index (χ3n) is 1.88. The van der Waals surface area contributed by atoms with Gasteiger partial charge < -0.3 is 9.84 Å². The number of fused-ring (bicyclic) bond motifs is 1. The number of aliphatic hydroxyl groups is 1. The molecule has 0 fully saturated rings. The summed E-state index contributed by atoms with van der Waals surface area (Å²) in [5.41, 5.74) is 0.787. The monoisotopic (exact) mass is 162 g/mol. The number of para-hydroxylation sites is 1. The molecule has 1 heterocycles. The number of benzene rings is 1. The molecule has 1 N–H and O–H groups in total. The van der Waals surface area contributed by atoms with Gasteiger partial charge in [0.1, 0.15) is 11.5 Å². The highest BCUT2D eigenvalue weighted by atomic mass is 16.5. The molecule has 62 valence electrons. The van der Waals surface area contributed by atoms with E-state index in [1.54, 1.807) is 6.08 Å². The molecular formula is C10H10O2. The smallest absolute Gasteiger partial charge is 0.130 e. The minimum Gasteiger partial charge on any atom is -0.508 e. The Labute approximate surface area is 71.1 Å². The summed E-state index contributed by atoms with van der Waals surface area (Å²) < 4.78 is 5.41. The van der Waals surface area contributed by atoms with Crippen molar-refractivity contribution in [2.45, 2.75) is 6.42 Å². The molecule has 1 aromatic carbocycles. The van der Waals surface area contributed by atoms with Crippen molar-refractivity contribution in [2.75, 3.05) is 6.61 Å². The summed E-state index contributed by atoms with van der Waals surface area (Å²) in [4.78, 5) is 0. The summed E-state index contributed by atoms with van der Waals surface area (Å²) in [7, 11) is 0. The number of rotatable bonds is 0. The second-order valence-corrected chi connectivity index (χ2v) is 2.72. The molecule has 1 aliphatic heterocycles. The molecule has 0 saturated heterocycles. The van der Waals surface area contributed by atoms with E-state index in [4.69, 9.17) is 4.74 Å². The van der Waals surface area contributed by atoms with Crippen LogP contribution in [0.5, 0.6) is 5.75 Å². The lowest BCUT2D eigenvalue weighted by Gasteiger charge is -2.05. The second-order valence-electron chi connectivity index (χ2n) is 2.72. The fourth-order valence-electron chi connectivity index (χ4n) is 1.28. The third kappa shape index (κ3) is 1.16. The molecule has 0 aromatic heterocycles. The van der Waals surface area contributed by atoms with Gasteiger partial charge in [0.2, 0.25) is 0 Å². The first-order valence-electron chi connectivity index (χ1n) is 3.99. The Bertz CT molecular complexity index is 315. The Balaban J connectivity index is 2.51. The van der Waals surface area contributed by atoms with Crippen LogP contribution in [0, 0.1) is 0 Å². The van der Waals surface area contributed by atoms with Crippen molar-refractivity contribution in [1.29, 1.82) is 0 Å². The highest BCUT2D eigenvalue weighted by molar-refractivity contribution is 5.64. The Hall–Kier alpha value is -1.44. The van der Waals surface area contributed by atoms with Gasteiger partial charge in [-0.3, -0.25) is 0 Å². The van der Waals surface area contributed by atoms with Gasteiger partial charge in [-0.1, -0.05) is 12.1 Å². The van der Waals surface area contributed by atoms with Crippen molar-refractivity contribution in [2.24, 2.45) is 0 Å². The molecular weight excluding hydrogens is 152 g/mol. The van der Waals surface area contributed by atoms with Crippen LogP contribution in [0.25, 0.3) is 5.76 Å². The Kier molecular flexibility index (Phi) is 1.74. The molecule has 0 bridgehead atoms. The van der Waals surface area contributed by atoms with E-state index in [1.807, 2.05) is 24.3 Å². The van der Waals surface area contributed by atoms with Crippen LogP contribution >= 0.6 is 0 Å². The molecule has 0 spiro atoms. The van der Waals surface area contributed by atoms with Gasteiger partial charge in [-0.15, -0.1) is 0 Å². The molecule has 2 rings (SSSR count). The topological polar surface area (TPSA) is 29.5 Å². The molecule has 0 amide bonds. The molecule has 12 heavy (non-hydrogen) atoms. The lowest BCUT2D eigenvalue weighted by Crippen LogP contribution is -1.94. The van der Waals surface area contributed by atoms with E-state index in [9.17, 15) is 5.11 Å². The van der Waals surface area contributed by atoms with Crippen molar-refractivity contribution < 1.29 is 9.84 Å². The maximum atomic E-state index is 9.52.